The van der Waals surface area contributed by atoms with Crippen LogP contribution in [0.4, 0.5) is 13.2 Å². The number of alkyl halides is 3. The first-order valence-corrected chi connectivity index (χ1v) is 6.94. The van der Waals surface area contributed by atoms with E-state index in [4.69, 9.17) is 4.74 Å². The van der Waals surface area contributed by atoms with Crippen molar-refractivity contribution in [2.24, 2.45) is 5.92 Å². The van der Waals surface area contributed by atoms with Crippen molar-refractivity contribution in [3.05, 3.63) is 42.0 Å². The summed E-state index contributed by atoms with van der Waals surface area (Å²) in [6.45, 7) is 4.66. The van der Waals surface area contributed by atoms with Crippen LogP contribution in [-0.2, 0) is 6.18 Å². The molecule has 20 heavy (non-hydrogen) atoms. The molecule has 0 atom stereocenters. The summed E-state index contributed by atoms with van der Waals surface area (Å²) in [4.78, 5) is 0. The van der Waals surface area contributed by atoms with Crippen molar-refractivity contribution in [2.45, 2.75) is 39.3 Å². The van der Waals surface area contributed by atoms with Crippen LogP contribution < -0.4 is 4.74 Å². The highest BCUT2D eigenvalue weighted by molar-refractivity contribution is 5.30. The van der Waals surface area contributed by atoms with E-state index in [9.17, 15) is 13.2 Å². The van der Waals surface area contributed by atoms with Crippen LogP contribution in [0.1, 0.15) is 38.7 Å². The summed E-state index contributed by atoms with van der Waals surface area (Å²) in [5.74, 6) is 0.833. The van der Waals surface area contributed by atoms with Crippen LogP contribution in [0, 0.1) is 5.92 Å². The second kappa shape index (κ2) is 7.98. The number of hydrogen-bond donors (Lipinski definition) is 0. The van der Waals surface area contributed by atoms with Crippen LogP contribution in [-0.4, -0.2) is 6.61 Å². The van der Waals surface area contributed by atoms with Gasteiger partial charge < -0.3 is 4.74 Å². The van der Waals surface area contributed by atoms with Gasteiger partial charge >= 0.3 is 6.18 Å². The Hall–Kier alpha value is -1.45. The predicted octanol–water partition coefficient (Wildman–Crippen LogP) is 5.47. The minimum Gasteiger partial charge on any atom is -0.493 e. The Morgan fingerprint density at radius 2 is 1.90 bits per heavy atom. The van der Waals surface area contributed by atoms with Gasteiger partial charge in [0.1, 0.15) is 5.75 Å². The topological polar surface area (TPSA) is 9.23 Å². The van der Waals surface area contributed by atoms with Gasteiger partial charge in [0.2, 0.25) is 0 Å². The fourth-order valence-corrected chi connectivity index (χ4v) is 1.86. The molecule has 0 N–H and O–H groups in total. The first kappa shape index (κ1) is 16.6. The minimum atomic E-state index is -4.32. The van der Waals surface area contributed by atoms with E-state index in [2.05, 4.69) is 19.9 Å². The van der Waals surface area contributed by atoms with Crippen molar-refractivity contribution in [3.63, 3.8) is 0 Å². The Bertz CT molecular complexity index is 420. The van der Waals surface area contributed by atoms with Crippen molar-refractivity contribution in [1.29, 1.82) is 0 Å². The fraction of sp³-hybridized carbons (Fsp3) is 0.500. The average molecular weight is 286 g/mol. The number of allylic oxidation sites excluding steroid dienone is 1. The van der Waals surface area contributed by atoms with Crippen molar-refractivity contribution >= 4 is 0 Å². The van der Waals surface area contributed by atoms with Gasteiger partial charge in [-0.15, -0.1) is 0 Å². The summed E-state index contributed by atoms with van der Waals surface area (Å²) in [6, 6.07) is 4.97. The van der Waals surface area contributed by atoms with Crippen molar-refractivity contribution < 1.29 is 17.9 Å². The van der Waals surface area contributed by atoms with Gasteiger partial charge in [-0.05, 0) is 43.4 Å². The standard InChI is InChI=1S/C16H21F3O/c1-3-13(4-2)8-5-6-11-20-15-10-7-9-14(12-15)16(17,18)19/h5,7-10,12-13H,3-4,6,11H2,1-2H3/b8-5+. The molecule has 1 aromatic rings. The largest absolute Gasteiger partial charge is 0.493 e. The van der Waals surface area contributed by atoms with Gasteiger partial charge in [-0.25, -0.2) is 0 Å². The van der Waals surface area contributed by atoms with E-state index in [1.807, 2.05) is 6.08 Å². The Morgan fingerprint density at radius 1 is 1.20 bits per heavy atom. The molecule has 0 heterocycles. The van der Waals surface area contributed by atoms with Crippen molar-refractivity contribution in [1.82, 2.24) is 0 Å². The molecule has 1 nitrogen and oxygen atoms in total. The molecule has 0 saturated carbocycles. The summed E-state index contributed by atoms with van der Waals surface area (Å²) < 4.78 is 42.9. The SMILES string of the molecule is CCC(/C=C/CCOc1cccc(C(F)(F)F)c1)CC. The molecule has 0 fully saturated rings. The highest BCUT2D eigenvalue weighted by atomic mass is 19.4. The first-order valence-electron chi connectivity index (χ1n) is 6.94. The average Bonchev–Trinajstić information content (AvgIpc) is 2.42. The molecule has 112 valence electrons. The molecule has 0 aliphatic rings. The smallest absolute Gasteiger partial charge is 0.416 e. The number of rotatable bonds is 7. The lowest BCUT2D eigenvalue weighted by molar-refractivity contribution is -0.137. The van der Waals surface area contributed by atoms with E-state index < -0.39 is 11.7 Å². The minimum absolute atomic E-state index is 0.260. The normalized spacial score (nSPS) is 12.3. The molecule has 4 heteroatoms. The summed E-state index contributed by atoms with van der Waals surface area (Å²) in [5, 5.41) is 0. The first-order chi connectivity index (χ1) is 9.47. The number of benzene rings is 1. The van der Waals surface area contributed by atoms with Crippen LogP contribution in [0.2, 0.25) is 0 Å². The monoisotopic (exact) mass is 286 g/mol. The third-order valence-corrected chi connectivity index (χ3v) is 3.17. The van der Waals surface area contributed by atoms with Gasteiger partial charge in [0.15, 0.2) is 0 Å². The number of halogens is 3. The second-order valence-electron chi connectivity index (χ2n) is 4.67. The third kappa shape index (κ3) is 5.68. The molecule has 0 aromatic heterocycles. The van der Waals surface area contributed by atoms with E-state index in [-0.39, 0.29) is 5.75 Å². The molecule has 0 saturated heterocycles. The van der Waals surface area contributed by atoms with Crippen LogP contribution in [0.5, 0.6) is 5.75 Å². The molecular formula is C16H21F3O. The highest BCUT2D eigenvalue weighted by Crippen LogP contribution is 2.31. The van der Waals surface area contributed by atoms with E-state index in [0.29, 0.717) is 18.9 Å². The Balaban J connectivity index is 2.43. The quantitative estimate of drug-likeness (QED) is 0.477. The van der Waals surface area contributed by atoms with Crippen LogP contribution >= 0.6 is 0 Å². The molecule has 0 amide bonds. The Kier molecular flexibility index (Phi) is 6.62. The molecule has 1 aromatic carbocycles. The van der Waals surface area contributed by atoms with Crippen LogP contribution in [0.3, 0.4) is 0 Å². The fourth-order valence-electron chi connectivity index (χ4n) is 1.86. The number of ether oxygens (including phenoxy) is 1. The molecule has 0 bridgehead atoms. The Morgan fingerprint density at radius 3 is 2.50 bits per heavy atom. The lowest BCUT2D eigenvalue weighted by Crippen LogP contribution is -2.05. The van der Waals surface area contributed by atoms with Gasteiger partial charge in [-0.2, -0.15) is 13.2 Å². The maximum atomic E-state index is 12.5. The molecule has 1 rings (SSSR count). The molecule has 0 radical (unpaired) electrons. The lowest BCUT2D eigenvalue weighted by Gasteiger charge is -2.09. The van der Waals surface area contributed by atoms with E-state index >= 15 is 0 Å². The number of hydrogen-bond acceptors (Lipinski definition) is 1. The molecule has 0 unspecified atom stereocenters. The van der Waals surface area contributed by atoms with Gasteiger partial charge in [0.05, 0.1) is 12.2 Å². The summed E-state index contributed by atoms with van der Waals surface area (Å²) in [7, 11) is 0. The third-order valence-electron chi connectivity index (χ3n) is 3.17. The van der Waals surface area contributed by atoms with Crippen molar-refractivity contribution in [2.75, 3.05) is 6.61 Å². The summed E-state index contributed by atoms with van der Waals surface area (Å²) in [5.41, 5.74) is -0.678. The van der Waals surface area contributed by atoms with E-state index in [1.54, 1.807) is 6.07 Å². The van der Waals surface area contributed by atoms with Gasteiger partial charge in [0, 0.05) is 0 Å². The molecule has 0 spiro atoms. The molecular weight excluding hydrogens is 265 g/mol. The molecule has 0 aliphatic heterocycles. The van der Waals surface area contributed by atoms with E-state index in [0.717, 1.165) is 25.0 Å². The van der Waals surface area contributed by atoms with Crippen LogP contribution in [0.15, 0.2) is 36.4 Å². The molecule has 0 aliphatic carbocycles. The zero-order chi connectivity index (χ0) is 15.0. The van der Waals surface area contributed by atoms with Crippen LogP contribution in [0.25, 0.3) is 0 Å². The lowest BCUT2D eigenvalue weighted by atomic mass is 10.0. The van der Waals surface area contributed by atoms with E-state index in [1.165, 1.54) is 6.07 Å². The van der Waals surface area contributed by atoms with Gasteiger partial charge in [0.25, 0.3) is 0 Å². The van der Waals surface area contributed by atoms with Crippen molar-refractivity contribution in [3.8, 4) is 5.75 Å². The highest BCUT2D eigenvalue weighted by Gasteiger charge is 2.30. The maximum absolute atomic E-state index is 12.5. The summed E-state index contributed by atoms with van der Waals surface area (Å²) in [6.07, 6.45) is 2.76. The zero-order valence-electron chi connectivity index (χ0n) is 11.9. The van der Waals surface area contributed by atoms with Gasteiger partial charge in [-0.3, -0.25) is 0 Å². The zero-order valence-corrected chi connectivity index (χ0v) is 11.9. The predicted molar refractivity (Wildman–Crippen MR) is 74.8 cm³/mol. The summed E-state index contributed by atoms with van der Waals surface area (Å²) >= 11 is 0. The van der Waals surface area contributed by atoms with Gasteiger partial charge in [-0.1, -0.05) is 32.1 Å². The second-order valence-corrected chi connectivity index (χ2v) is 4.67. The Labute approximate surface area is 118 Å². The maximum Gasteiger partial charge on any atom is 0.416 e.